The van der Waals surface area contributed by atoms with Crippen LogP contribution in [0.15, 0.2) is 0 Å². The van der Waals surface area contributed by atoms with Gasteiger partial charge in [0, 0.05) is 0 Å². The topological polar surface area (TPSA) is 32.5 Å². The van der Waals surface area contributed by atoms with Gasteiger partial charge in [-0.1, -0.05) is 20.8 Å². The van der Waals surface area contributed by atoms with Crippen molar-refractivity contribution in [3.05, 3.63) is 0 Å². The zero-order valence-electron chi connectivity index (χ0n) is 14.2. The molecule has 0 fully saturated rings. The number of nitrogens with two attached hydrogens (primary N) is 1. The van der Waals surface area contributed by atoms with Crippen molar-refractivity contribution in [3.63, 3.8) is 0 Å². The summed E-state index contributed by atoms with van der Waals surface area (Å²) in [7, 11) is 6.52. The van der Waals surface area contributed by atoms with Gasteiger partial charge in [-0.05, 0) is 84.3 Å². The predicted octanol–water partition coefficient (Wildman–Crippen LogP) is 2.66. The quantitative estimate of drug-likeness (QED) is 0.663. The van der Waals surface area contributed by atoms with Gasteiger partial charge in [-0.2, -0.15) is 0 Å². The fourth-order valence-electron chi connectivity index (χ4n) is 2.59. The summed E-state index contributed by atoms with van der Waals surface area (Å²) in [5.74, 6) is 0.757. The van der Waals surface area contributed by atoms with Crippen LogP contribution in [0.1, 0.15) is 46.5 Å². The van der Waals surface area contributed by atoms with Crippen LogP contribution in [0, 0.1) is 11.3 Å². The molecule has 3 nitrogen and oxygen atoms in total. The zero-order chi connectivity index (χ0) is 14.9. The monoisotopic (exact) mass is 271 g/mol. The summed E-state index contributed by atoms with van der Waals surface area (Å²) in [6.07, 6.45) is 5.02. The molecule has 0 radical (unpaired) electrons. The molecule has 0 aliphatic heterocycles. The molecule has 116 valence electrons. The smallest absolute Gasteiger partial charge is 0.000960 e. The van der Waals surface area contributed by atoms with E-state index in [9.17, 15) is 0 Å². The molecule has 19 heavy (non-hydrogen) atoms. The van der Waals surface area contributed by atoms with Crippen LogP contribution in [-0.2, 0) is 0 Å². The van der Waals surface area contributed by atoms with E-state index in [1.807, 2.05) is 0 Å². The Balaban J connectivity index is 3.80. The van der Waals surface area contributed by atoms with Crippen LogP contribution in [0.5, 0.6) is 0 Å². The van der Waals surface area contributed by atoms with Crippen molar-refractivity contribution in [1.82, 2.24) is 9.80 Å². The average Bonchev–Trinajstić information content (AvgIpc) is 2.26. The second-order valence-electron chi connectivity index (χ2n) is 7.24. The van der Waals surface area contributed by atoms with E-state index in [0.29, 0.717) is 5.41 Å². The van der Waals surface area contributed by atoms with E-state index < -0.39 is 0 Å². The van der Waals surface area contributed by atoms with Crippen LogP contribution in [0.4, 0.5) is 0 Å². The third-order valence-corrected chi connectivity index (χ3v) is 3.98. The van der Waals surface area contributed by atoms with E-state index in [1.54, 1.807) is 0 Å². The Morgan fingerprint density at radius 3 is 1.95 bits per heavy atom. The predicted molar refractivity (Wildman–Crippen MR) is 86.5 cm³/mol. The van der Waals surface area contributed by atoms with Gasteiger partial charge in [-0.3, -0.25) is 0 Å². The normalized spacial score (nSPS) is 14.4. The summed E-state index contributed by atoms with van der Waals surface area (Å²) in [6.45, 7) is 11.4. The lowest BCUT2D eigenvalue weighted by Gasteiger charge is -2.31. The van der Waals surface area contributed by atoms with E-state index in [-0.39, 0.29) is 0 Å². The maximum absolute atomic E-state index is 5.74. The zero-order valence-corrected chi connectivity index (χ0v) is 14.2. The molecule has 0 rings (SSSR count). The minimum atomic E-state index is 0.392. The van der Waals surface area contributed by atoms with Gasteiger partial charge in [0.05, 0.1) is 0 Å². The molecule has 2 N–H and O–H groups in total. The molecule has 0 bridgehead atoms. The Bertz CT molecular complexity index is 209. The van der Waals surface area contributed by atoms with Gasteiger partial charge in [0.25, 0.3) is 0 Å². The van der Waals surface area contributed by atoms with Gasteiger partial charge in [-0.25, -0.2) is 0 Å². The van der Waals surface area contributed by atoms with E-state index in [0.717, 1.165) is 18.9 Å². The van der Waals surface area contributed by atoms with Crippen LogP contribution < -0.4 is 5.73 Å². The molecule has 0 saturated carbocycles. The largest absolute Gasteiger partial charge is 0.330 e. The lowest BCUT2D eigenvalue weighted by Crippen LogP contribution is -2.27. The molecule has 0 saturated heterocycles. The molecule has 3 heteroatoms. The number of hydrogen-bond donors (Lipinski definition) is 1. The minimum Gasteiger partial charge on any atom is -0.330 e. The van der Waals surface area contributed by atoms with E-state index in [4.69, 9.17) is 5.73 Å². The molecule has 0 aromatic heterocycles. The summed E-state index contributed by atoms with van der Waals surface area (Å²) < 4.78 is 0. The second kappa shape index (κ2) is 9.73. The highest BCUT2D eigenvalue weighted by atomic mass is 15.1. The minimum absolute atomic E-state index is 0.392. The van der Waals surface area contributed by atoms with Gasteiger partial charge in [0.2, 0.25) is 0 Å². The van der Waals surface area contributed by atoms with Crippen LogP contribution in [0.3, 0.4) is 0 Å². The molecule has 1 unspecified atom stereocenters. The molecular weight excluding hydrogens is 234 g/mol. The van der Waals surface area contributed by atoms with Gasteiger partial charge in [-0.15, -0.1) is 0 Å². The highest BCUT2D eigenvalue weighted by Gasteiger charge is 2.23. The molecule has 0 aliphatic rings. The average molecular weight is 271 g/mol. The Morgan fingerprint density at radius 1 is 0.895 bits per heavy atom. The molecule has 0 heterocycles. The molecule has 0 aromatic carbocycles. The van der Waals surface area contributed by atoms with Gasteiger partial charge in [0.1, 0.15) is 0 Å². The van der Waals surface area contributed by atoms with Gasteiger partial charge < -0.3 is 15.5 Å². The second-order valence-corrected chi connectivity index (χ2v) is 7.24. The highest BCUT2D eigenvalue weighted by molar-refractivity contribution is 4.74. The summed E-state index contributed by atoms with van der Waals surface area (Å²) in [5.41, 5.74) is 6.13. The van der Waals surface area contributed by atoms with Gasteiger partial charge in [0.15, 0.2) is 0 Å². The molecule has 0 spiro atoms. The van der Waals surface area contributed by atoms with E-state index >= 15 is 0 Å². The number of nitrogens with zero attached hydrogens (tertiary/aromatic N) is 2. The van der Waals surface area contributed by atoms with Crippen LogP contribution in [0.2, 0.25) is 0 Å². The van der Waals surface area contributed by atoms with Crippen LogP contribution >= 0.6 is 0 Å². The van der Waals surface area contributed by atoms with Crippen LogP contribution in [-0.4, -0.2) is 57.1 Å². The Labute approximate surface area is 121 Å². The first-order valence-electron chi connectivity index (χ1n) is 7.80. The first kappa shape index (κ1) is 18.9. The van der Waals surface area contributed by atoms with E-state index in [2.05, 4.69) is 51.7 Å². The van der Waals surface area contributed by atoms with Crippen molar-refractivity contribution in [3.8, 4) is 0 Å². The van der Waals surface area contributed by atoms with Crippen molar-refractivity contribution < 1.29 is 0 Å². The molecule has 1 atom stereocenters. The van der Waals surface area contributed by atoms with Crippen LogP contribution in [0.25, 0.3) is 0 Å². The maximum Gasteiger partial charge on any atom is -0.000960 e. The van der Waals surface area contributed by atoms with Crippen molar-refractivity contribution in [2.75, 3.05) is 47.3 Å². The lowest BCUT2D eigenvalue weighted by molar-refractivity contribution is 0.199. The Hall–Kier alpha value is -0.120. The highest BCUT2D eigenvalue weighted by Crippen LogP contribution is 2.32. The summed E-state index contributed by atoms with van der Waals surface area (Å²) in [4.78, 5) is 4.72. The third-order valence-electron chi connectivity index (χ3n) is 3.98. The molecule has 0 aromatic rings. The molecular formula is C16H37N3. The SMILES string of the molecule is CN(C)CCCN(C)CCCC(CCN)C(C)(C)C. The Morgan fingerprint density at radius 2 is 1.47 bits per heavy atom. The molecule has 0 amide bonds. The lowest BCUT2D eigenvalue weighted by atomic mass is 9.76. The fourth-order valence-corrected chi connectivity index (χ4v) is 2.59. The molecule has 0 aliphatic carbocycles. The van der Waals surface area contributed by atoms with Crippen molar-refractivity contribution in [2.45, 2.75) is 46.5 Å². The first-order chi connectivity index (χ1) is 8.77. The summed E-state index contributed by atoms with van der Waals surface area (Å²) in [6, 6.07) is 0. The van der Waals surface area contributed by atoms with Gasteiger partial charge >= 0.3 is 0 Å². The standard InChI is InChI=1S/C16H37N3/c1-16(2,3)15(10-11-17)9-7-13-19(6)14-8-12-18(4)5/h15H,7-14,17H2,1-6H3. The maximum atomic E-state index is 5.74. The third kappa shape index (κ3) is 10.3. The fraction of sp³-hybridized carbons (Fsp3) is 1.00. The van der Waals surface area contributed by atoms with Crippen molar-refractivity contribution in [1.29, 1.82) is 0 Å². The Kier molecular flexibility index (Phi) is 9.67. The first-order valence-corrected chi connectivity index (χ1v) is 7.80. The van der Waals surface area contributed by atoms with E-state index in [1.165, 1.54) is 38.9 Å². The summed E-state index contributed by atoms with van der Waals surface area (Å²) in [5, 5.41) is 0. The summed E-state index contributed by atoms with van der Waals surface area (Å²) >= 11 is 0. The number of rotatable bonds is 10. The number of hydrogen-bond acceptors (Lipinski definition) is 3. The van der Waals surface area contributed by atoms with Crippen molar-refractivity contribution in [2.24, 2.45) is 17.1 Å². The van der Waals surface area contributed by atoms with Crippen molar-refractivity contribution >= 4 is 0 Å².